The van der Waals surface area contributed by atoms with E-state index in [0.717, 1.165) is 6.42 Å². The Balaban J connectivity index is 2.51. The van der Waals surface area contributed by atoms with Crippen molar-refractivity contribution in [3.05, 3.63) is 29.8 Å². The van der Waals surface area contributed by atoms with Crippen LogP contribution in [0.2, 0.25) is 0 Å². The first-order valence-corrected chi connectivity index (χ1v) is 6.49. The van der Waals surface area contributed by atoms with Gasteiger partial charge in [0.1, 0.15) is 5.75 Å². The minimum absolute atomic E-state index is 0.0328. The average Bonchev–Trinajstić information content (AvgIpc) is 2.34. The Kier molecular flexibility index (Phi) is 5.36. The van der Waals surface area contributed by atoms with Crippen LogP contribution in [0, 0.1) is 5.41 Å². The Morgan fingerprint density at radius 3 is 2.68 bits per heavy atom. The smallest absolute Gasteiger partial charge is 0.251 e. The summed E-state index contributed by atoms with van der Waals surface area (Å²) in [5.41, 5.74) is 6.76. The van der Waals surface area contributed by atoms with E-state index in [1.54, 1.807) is 25.3 Å². The van der Waals surface area contributed by atoms with Crippen molar-refractivity contribution >= 4 is 5.91 Å². The van der Waals surface area contributed by atoms with Gasteiger partial charge in [-0.2, -0.15) is 0 Å². The number of carbonyl (C=O) groups is 1. The lowest BCUT2D eigenvalue weighted by molar-refractivity contribution is 0.0948. The molecule has 19 heavy (non-hydrogen) atoms. The van der Waals surface area contributed by atoms with Gasteiger partial charge in [-0.3, -0.25) is 4.79 Å². The maximum atomic E-state index is 12.0. The number of carbonyl (C=O) groups excluding carboxylic acids is 1. The molecule has 4 heteroatoms. The zero-order valence-electron chi connectivity index (χ0n) is 12.2. The number of nitrogens with two attached hydrogens (primary N) is 1. The minimum Gasteiger partial charge on any atom is -0.497 e. The third-order valence-electron chi connectivity index (χ3n) is 2.73. The van der Waals surface area contributed by atoms with E-state index in [-0.39, 0.29) is 17.4 Å². The van der Waals surface area contributed by atoms with Crippen LogP contribution in [0.3, 0.4) is 0 Å². The molecule has 0 aliphatic carbocycles. The highest BCUT2D eigenvalue weighted by atomic mass is 16.5. The number of methoxy groups -OCH3 is 1. The molecular weight excluding hydrogens is 240 g/mol. The van der Waals surface area contributed by atoms with Gasteiger partial charge < -0.3 is 15.8 Å². The molecule has 0 heterocycles. The maximum absolute atomic E-state index is 12.0. The van der Waals surface area contributed by atoms with Crippen LogP contribution in [0.1, 0.15) is 37.6 Å². The number of amides is 1. The van der Waals surface area contributed by atoms with Crippen molar-refractivity contribution < 1.29 is 9.53 Å². The molecule has 0 bridgehead atoms. The number of benzene rings is 1. The SMILES string of the molecule is COc1cccc(C(=O)NCC(N)CC(C)(C)C)c1. The summed E-state index contributed by atoms with van der Waals surface area (Å²) in [6.07, 6.45) is 0.866. The van der Waals surface area contributed by atoms with E-state index < -0.39 is 0 Å². The van der Waals surface area contributed by atoms with E-state index in [2.05, 4.69) is 26.1 Å². The van der Waals surface area contributed by atoms with Gasteiger partial charge in [-0.05, 0) is 30.0 Å². The summed E-state index contributed by atoms with van der Waals surface area (Å²) in [4.78, 5) is 12.0. The summed E-state index contributed by atoms with van der Waals surface area (Å²) >= 11 is 0. The molecule has 1 aromatic carbocycles. The second-order valence-corrected chi connectivity index (χ2v) is 5.97. The van der Waals surface area contributed by atoms with Gasteiger partial charge in [-0.25, -0.2) is 0 Å². The van der Waals surface area contributed by atoms with Gasteiger partial charge in [-0.15, -0.1) is 0 Å². The number of rotatable bonds is 5. The van der Waals surface area contributed by atoms with E-state index in [1.807, 2.05) is 6.07 Å². The Morgan fingerprint density at radius 2 is 2.11 bits per heavy atom. The zero-order chi connectivity index (χ0) is 14.5. The Bertz CT molecular complexity index is 424. The van der Waals surface area contributed by atoms with Crippen LogP contribution in [0.5, 0.6) is 5.75 Å². The van der Waals surface area contributed by atoms with Gasteiger partial charge in [0, 0.05) is 18.2 Å². The van der Waals surface area contributed by atoms with Gasteiger partial charge in [0.05, 0.1) is 7.11 Å². The van der Waals surface area contributed by atoms with Crippen LogP contribution >= 0.6 is 0 Å². The van der Waals surface area contributed by atoms with Crippen LogP contribution in [0.15, 0.2) is 24.3 Å². The summed E-state index contributed by atoms with van der Waals surface area (Å²) in [6.45, 7) is 6.89. The molecule has 106 valence electrons. The molecule has 3 N–H and O–H groups in total. The lowest BCUT2D eigenvalue weighted by atomic mass is 9.88. The Labute approximate surface area is 115 Å². The van der Waals surface area contributed by atoms with Crippen LogP contribution in [-0.4, -0.2) is 25.6 Å². The second kappa shape index (κ2) is 6.57. The van der Waals surface area contributed by atoms with Crippen molar-refractivity contribution in [2.24, 2.45) is 11.1 Å². The van der Waals surface area contributed by atoms with Crippen molar-refractivity contribution in [2.45, 2.75) is 33.2 Å². The Hall–Kier alpha value is -1.55. The third kappa shape index (κ3) is 5.75. The molecule has 1 atom stereocenters. The zero-order valence-corrected chi connectivity index (χ0v) is 12.2. The first kappa shape index (κ1) is 15.5. The molecule has 0 aliphatic rings. The number of nitrogens with one attached hydrogen (secondary N) is 1. The summed E-state index contributed by atoms with van der Waals surface area (Å²) in [7, 11) is 1.58. The largest absolute Gasteiger partial charge is 0.497 e. The van der Waals surface area contributed by atoms with Crippen LogP contribution in [0.4, 0.5) is 0 Å². The Morgan fingerprint density at radius 1 is 1.42 bits per heavy atom. The second-order valence-electron chi connectivity index (χ2n) is 5.97. The van der Waals surface area contributed by atoms with Crippen molar-refractivity contribution in [1.29, 1.82) is 0 Å². The van der Waals surface area contributed by atoms with Gasteiger partial charge in [0.2, 0.25) is 0 Å². The molecule has 0 aromatic heterocycles. The molecule has 0 spiro atoms. The van der Waals surface area contributed by atoms with Crippen molar-refractivity contribution in [3.8, 4) is 5.75 Å². The van der Waals surface area contributed by atoms with E-state index in [0.29, 0.717) is 17.9 Å². The summed E-state index contributed by atoms with van der Waals surface area (Å²) in [5.74, 6) is 0.551. The molecule has 4 nitrogen and oxygen atoms in total. The van der Waals surface area contributed by atoms with Crippen molar-refractivity contribution in [2.75, 3.05) is 13.7 Å². The summed E-state index contributed by atoms with van der Waals surface area (Å²) < 4.78 is 5.09. The van der Waals surface area contributed by atoms with Crippen LogP contribution in [0.25, 0.3) is 0 Å². The number of hydrogen-bond donors (Lipinski definition) is 2. The van der Waals surface area contributed by atoms with E-state index in [4.69, 9.17) is 10.5 Å². The molecule has 1 aromatic rings. The number of hydrogen-bond acceptors (Lipinski definition) is 3. The van der Waals surface area contributed by atoms with Crippen LogP contribution < -0.4 is 15.8 Å². The predicted octanol–water partition coefficient (Wildman–Crippen LogP) is 2.19. The minimum atomic E-state index is -0.122. The molecular formula is C15H24N2O2. The van der Waals surface area contributed by atoms with Crippen molar-refractivity contribution in [3.63, 3.8) is 0 Å². The first-order valence-electron chi connectivity index (χ1n) is 6.49. The lowest BCUT2D eigenvalue weighted by Crippen LogP contribution is -2.39. The van der Waals surface area contributed by atoms with E-state index in [9.17, 15) is 4.79 Å². The van der Waals surface area contributed by atoms with Gasteiger partial charge >= 0.3 is 0 Å². The van der Waals surface area contributed by atoms with E-state index >= 15 is 0 Å². The molecule has 0 radical (unpaired) electrons. The monoisotopic (exact) mass is 264 g/mol. The summed E-state index contributed by atoms with van der Waals surface area (Å²) in [6, 6.07) is 7.04. The molecule has 0 fully saturated rings. The fourth-order valence-corrected chi connectivity index (χ4v) is 1.95. The maximum Gasteiger partial charge on any atom is 0.251 e. The highest BCUT2D eigenvalue weighted by Crippen LogP contribution is 2.19. The molecule has 1 unspecified atom stereocenters. The van der Waals surface area contributed by atoms with E-state index in [1.165, 1.54) is 0 Å². The first-order chi connectivity index (χ1) is 8.81. The highest BCUT2D eigenvalue weighted by molar-refractivity contribution is 5.94. The molecule has 0 saturated carbocycles. The predicted molar refractivity (Wildman–Crippen MR) is 77.4 cm³/mol. The highest BCUT2D eigenvalue weighted by Gasteiger charge is 2.16. The van der Waals surface area contributed by atoms with Crippen LogP contribution in [-0.2, 0) is 0 Å². The molecule has 0 saturated heterocycles. The van der Waals surface area contributed by atoms with Gasteiger partial charge in [-0.1, -0.05) is 26.8 Å². The molecule has 0 aliphatic heterocycles. The normalized spacial score (nSPS) is 12.9. The fourth-order valence-electron chi connectivity index (χ4n) is 1.95. The quantitative estimate of drug-likeness (QED) is 0.857. The molecule has 1 rings (SSSR count). The van der Waals surface area contributed by atoms with Gasteiger partial charge in [0.15, 0.2) is 0 Å². The topological polar surface area (TPSA) is 64.3 Å². The average molecular weight is 264 g/mol. The number of ether oxygens (including phenoxy) is 1. The lowest BCUT2D eigenvalue weighted by Gasteiger charge is -2.23. The standard InChI is InChI=1S/C15H24N2O2/c1-15(2,3)9-12(16)10-17-14(18)11-6-5-7-13(8-11)19-4/h5-8,12H,9-10,16H2,1-4H3,(H,17,18). The summed E-state index contributed by atoms with van der Waals surface area (Å²) in [5, 5.41) is 2.85. The van der Waals surface area contributed by atoms with Crippen molar-refractivity contribution in [1.82, 2.24) is 5.32 Å². The third-order valence-corrected chi connectivity index (χ3v) is 2.73. The van der Waals surface area contributed by atoms with Gasteiger partial charge in [0.25, 0.3) is 5.91 Å². The molecule has 1 amide bonds. The fraction of sp³-hybridized carbons (Fsp3) is 0.533.